The Balaban J connectivity index is 1.79. The Hall–Kier alpha value is -2.07. The molecular formula is C18H18ClN3O. The monoisotopic (exact) mass is 327 g/mol. The van der Waals surface area contributed by atoms with Gasteiger partial charge in [-0.25, -0.2) is 9.97 Å². The maximum atomic E-state index is 6.14. The quantitative estimate of drug-likeness (QED) is 0.710. The van der Waals surface area contributed by atoms with Crippen LogP contribution < -0.4 is 5.32 Å². The van der Waals surface area contributed by atoms with E-state index in [9.17, 15) is 0 Å². The molecule has 2 aromatic heterocycles. The molecule has 4 rings (SSSR count). The van der Waals surface area contributed by atoms with Gasteiger partial charge in [0.2, 0.25) is 0 Å². The van der Waals surface area contributed by atoms with E-state index in [0.29, 0.717) is 22.6 Å². The highest BCUT2D eigenvalue weighted by Crippen LogP contribution is 2.29. The topological polar surface area (TPSA) is 51.0 Å². The van der Waals surface area contributed by atoms with Gasteiger partial charge in [-0.15, -0.1) is 0 Å². The van der Waals surface area contributed by atoms with Gasteiger partial charge in [0, 0.05) is 16.5 Å². The molecule has 0 bridgehead atoms. The van der Waals surface area contributed by atoms with Crippen molar-refractivity contribution in [2.24, 2.45) is 0 Å². The summed E-state index contributed by atoms with van der Waals surface area (Å²) >= 11 is 6.14. The number of fused-ring (bicyclic) bond motifs is 1. The van der Waals surface area contributed by atoms with Crippen LogP contribution in [-0.4, -0.2) is 16.0 Å². The summed E-state index contributed by atoms with van der Waals surface area (Å²) in [6.45, 7) is 0. The SMILES string of the molecule is Clc1ccc2c(NC3CCCCC3)nc(-c3ccco3)nc2c1. The molecule has 1 aliphatic rings. The zero-order chi connectivity index (χ0) is 15.6. The van der Waals surface area contributed by atoms with Crippen LogP contribution in [0.15, 0.2) is 41.0 Å². The summed E-state index contributed by atoms with van der Waals surface area (Å²) in [5, 5.41) is 5.28. The van der Waals surface area contributed by atoms with Crippen LogP contribution in [0.3, 0.4) is 0 Å². The standard InChI is InChI=1S/C18H18ClN3O/c19-12-8-9-14-15(11-12)21-18(16-7-4-10-23-16)22-17(14)20-13-5-2-1-3-6-13/h4,7-11,13H,1-3,5-6H2,(H,20,21,22). The maximum absolute atomic E-state index is 6.14. The van der Waals surface area contributed by atoms with Gasteiger partial charge in [0.15, 0.2) is 11.6 Å². The fourth-order valence-corrected chi connectivity index (χ4v) is 3.34. The molecule has 3 aromatic rings. The van der Waals surface area contributed by atoms with Crippen LogP contribution in [0, 0.1) is 0 Å². The molecule has 0 aliphatic heterocycles. The van der Waals surface area contributed by atoms with E-state index >= 15 is 0 Å². The van der Waals surface area contributed by atoms with E-state index in [1.807, 2.05) is 30.3 Å². The number of rotatable bonds is 3. The summed E-state index contributed by atoms with van der Waals surface area (Å²) in [5.74, 6) is 2.12. The number of benzene rings is 1. The van der Waals surface area contributed by atoms with Crippen LogP contribution >= 0.6 is 11.6 Å². The van der Waals surface area contributed by atoms with Crippen molar-refractivity contribution in [3.8, 4) is 11.6 Å². The number of nitrogens with one attached hydrogen (secondary N) is 1. The summed E-state index contributed by atoms with van der Waals surface area (Å²) in [5.41, 5.74) is 0.831. The first-order valence-corrected chi connectivity index (χ1v) is 8.45. The molecule has 2 heterocycles. The predicted molar refractivity (Wildman–Crippen MR) is 92.7 cm³/mol. The van der Waals surface area contributed by atoms with Gasteiger partial charge in [-0.05, 0) is 43.2 Å². The lowest BCUT2D eigenvalue weighted by atomic mass is 9.95. The largest absolute Gasteiger partial charge is 0.461 e. The molecule has 118 valence electrons. The van der Waals surface area contributed by atoms with E-state index in [2.05, 4.69) is 10.3 Å². The molecule has 0 unspecified atom stereocenters. The molecule has 0 radical (unpaired) electrons. The van der Waals surface area contributed by atoms with Gasteiger partial charge in [0.1, 0.15) is 5.82 Å². The highest BCUT2D eigenvalue weighted by atomic mass is 35.5. The lowest BCUT2D eigenvalue weighted by Gasteiger charge is -2.24. The summed E-state index contributed by atoms with van der Waals surface area (Å²) in [4.78, 5) is 9.31. The molecule has 4 nitrogen and oxygen atoms in total. The van der Waals surface area contributed by atoms with Crippen LogP contribution in [-0.2, 0) is 0 Å². The van der Waals surface area contributed by atoms with E-state index in [4.69, 9.17) is 21.0 Å². The lowest BCUT2D eigenvalue weighted by molar-refractivity contribution is 0.462. The van der Waals surface area contributed by atoms with E-state index in [1.165, 1.54) is 32.1 Å². The number of nitrogens with zero attached hydrogens (tertiary/aromatic N) is 2. The Morgan fingerprint density at radius 1 is 1.09 bits per heavy atom. The molecule has 23 heavy (non-hydrogen) atoms. The van der Waals surface area contributed by atoms with E-state index in [0.717, 1.165) is 16.7 Å². The summed E-state index contributed by atoms with van der Waals surface area (Å²) in [6.07, 6.45) is 7.89. The maximum Gasteiger partial charge on any atom is 0.198 e. The fraction of sp³-hybridized carbons (Fsp3) is 0.333. The minimum absolute atomic E-state index is 0.474. The number of aromatic nitrogens is 2. The zero-order valence-electron chi connectivity index (χ0n) is 12.8. The third-order valence-corrected chi connectivity index (χ3v) is 4.58. The molecule has 0 atom stereocenters. The molecule has 1 N–H and O–H groups in total. The van der Waals surface area contributed by atoms with Crippen LogP contribution in [0.5, 0.6) is 0 Å². The number of furan rings is 1. The first-order valence-electron chi connectivity index (χ1n) is 8.07. The third-order valence-electron chi connectivity index (χ3n) is 4.35. The Kier molecular flexibility index (Phi) is 3.92. The van der Waals surface area contributed by atoms with Crippen LogP contribution in [0.25, 0.3) is 22.5 Å². The van der Waals surface area contributed by atoms with Crippen molar-refractivity contribution in [1.29, 1.82) is 0 Å². The van der Waals surface area contributed by atoms with Gasteiger partial charge in [-0.3, -0.25) is 0 Å². The van der Waals surface area contributed by atoms with Crippen molar-refractivity contribution in [3.05, 3.63) is 41.6 Å². The highest BCUT2D eigenvalue weighted by molar-refractivity contribution is 6.31. The lowest BCUT2D eigenvalue weighted by Crippen LogP contribution is -2.23. The molecule has 1 aromatic carbocycles. The molecule has 0 amide bonds. The Labute approximate surface area is 139 Å². The van der Waals surface area contributed by atoms with Crippen molar-refractivity contribution in [2.75, 3.05) is 5.32 Å². The Morgan fingerprint density at radius 2 is 1.96 bits per heavy atom. The van der Waals surface area contributed by atoms with E-state index in [-0.39, 0.29) is 0 Å². The number of hydrogen-bond acceptors (Lipinski definition) is 4. The average molecular weight is 328 g/mol. The van der Waals surface area contributed by atoms with E-state index in [1.54, 1.807) is 6.26 Å². The van der Waals surface area contributed by atoms with Gasteiger partial charge in [-0.1, -0.05) is 30.9 Å². The van der Waals surface area contributed by atoms with Gasteiger partial charge in [-0.2, -0.15) is 0 Å². The fourth-order valence-electron chi connectivity index (χ4n) is 3.17. The summed E-state index contributed by atoms with van der Waals surface area (Å²) in [6, 6.07) is 9.92. The van der Waals surface area contributed by atoms with Crippen molar-refractivity contribution in [2.45, 2.75) is 38.1 Å². The Bertz CT molecular complexity index is 810. The van der Waals surface area contributed by atoms with Gasteiger partial charge >= 0.3 is 0 Å². The molecule has 0 saturated heterocycles. The van der Waals surface area contributed by atoms with Crippen molar-refractivity contribution in [1.82, 2.24) is 9.97 Å². The molecule has 1 fully saturated rings. The normalized spacial score (nSPS) is 15.9. The number of halogens is 1. The molecule has 5 heteroatoms. The first kappa shape index (κ1) is 14.5. The summed E-state index contributed by atoms with van der Waals surface area (Å²) < 4.78 is 5.46. The predicted octanol–water partition coefficient (Wildman–Crippen LogP) is 5.29. The van der Waals surface area contributed by atoms with Crippen molar-refractivity contribution >= 4 is 28.3 Å². The van der Waals surface area contributed by atoms with Gasteiger partial charge in [0.05, 0.1) is 11.8 Å². The second-order valence-electron chi connectivity index (χ2n) is 6.01. The zero-order valence-corrected chi connectivity index (χ0v) is 13.5. The summed E-state index contributed by atoms with van der Waals surface area (Å²) in [7, 11) is 0. The van der Waals surface area contributed by atoms with Crippen molar-refractivity contribution < 1.29 is 4.42 Å². The minimum atomic E-state index is 0.474. The molecule has 1 saturated carbocycles. The highest BCUT2D eigenvalue weighted by Gasteiger charge is 2.17. The van der Waals surface area contributed by atoms with Crippen LogP contribution in [0.2, 0.25) is 5.02 Å². The second-order valence-corrected chi connectivity index (χ2v) is 6.45. The first-order chi connectivity index (χ1) is 11.3. The van der Waals surface area contributed by atoms with Crippen LogP contribution in [0.1, 0.15) is 32.1 Å². The second kappa shape index (κ2) is 6.20. The molecular weight excluding hydrogens is 310 g/mol. The van der Waals surface area contributed by atoms with Crippen LogP contribution in [0.4, 0.5) is 5.82 Å². The van der Waals surface area contributed by atoms with Gasteiger partial charge < -0.3 is 9.73 Å². The average Bonchev–Trinajstić information content (AvgIpc) is 3.10. The smallest absolute Gasteiger partial charge is 0.198 e. The molecule has 1 aliphatic carbocycles. The molecule has 0 spiro atoms. The number of hydrogen-bond donors (Lipinski definition) is 1. The van der Waals surface area contributed by atoms with E-state index < -0.39 is 0 Å². The number of anilines is 1. The minimum Gasteiger partial charge on any atom is -0.461 e. The third kappa shape index (κ3) is 3.04. The van der Waals surface area contributed by atoms with Gasteiger partial charge in [0.25, 0.3) is 0 Å². The van der Waals surface area contributed by atoms with Crippen molar-refractivity contribution in [3.63, 3.8) is 0 Å². The Morgan fingerprint density at radius 3 is 2.74 bits per heavy atom.